The number of carbonyl (C=O) groups excluding carboxylic acids is 1. The highest BCUT2D eigenvalue weighted by atomic mass is 16.2. The Hall–Kier alpha value is -1.61. The Kier molecular flexibility index (Phi) is 4.63. The molecule has 1 aromatic carbocycles. The molecule has 2 saturated heterocycles. The van der Waals surface area contributed by atoms with Gasteiger partial charge in [0.05, 0.1) is 6.04 Å². The summed E-state index contributed by atoms with van der Waals surface area (Å²) in [6.07, 6.45) is 7.80. The molecular formula is C19H26N2O. The fourth-order valence-electron chi connectivity index (χ4n) is 3.35. The SMILES string of the molecule is Cc1cccc(C)c1C=CC1CCN(C(=O)[C@@H]2CCN2)CC1. The zero-order valence-corrected chi connectivity index (χ0v) is 13.6. The molecule has 0 saturated carbocycles. The van der Waals surface area contributed by atoms with Crippen LogP contribution < -0.4 is 5.32 Å². The van der Waals surface area contributed by atoms with Crippen LogP contribution in [0.3, 0.4) is 0 Å². The minimum absolute atomic E-state index is 0.0988. The molecule has 1 aromatic rings. The number of aryl methyl sites for hydroxylation is 2. The van der Waals surface area contributed by atoms with Crippen LogP contribution in [0.4, 0.5) is 0 Å². The predicted molar refractivity (Wildman–Crippen MR) is 90.7 cm³/mol. The Balaban J connectivity index is 1.55. The number of hydrogen-bond acceptors (Lipinski definition) is 2. The van der Waals surface area contributed by atoms with Crippen LogP contribution in [-0.4, -0.2) is 36.5 Å². The molecule has 0 radical (unpaired) electrons. The van der Waals surface area contributed by atoms with Gasteiger partial charge in [0.15, 0.2) is 0 Å². The summed E-state index contributed by atoms with van der Waals surface area (Å²) < 4.78 is 0. The smallest absolute Gasteiger partial charge is 0.239 e. The van der Waals surface area contributed by atoms with Crippen molar-refractivity contribution in [1.29, 1.82) is 0 Å². The van der Waals surface area contributed by atoms with Gasteiger partial charge in [-0.05, 0) is 62.3 Å². The van der Waals surface area contributed by atoms with Crippen molar-refractivity contribution >= 4 is 12.0 Å². The van der Waals surface area contributed by atoms with Crippen LogP contribution in [0, 0.1) is 19.8 Å². The van der Waals surface area contributed by atoms with E-state index in [1.807, 2.05) is 4.90 Å². The number of nitrogens with zero attached hydrogens (tertiary/aromatic N) is 1. The second-order valence-corrected chi connectivity index (χ2v) is 6.62. The molecule has 1 amide bonds. The Bertz CT molecular complexity index is 547. The second-order valence-electron chi connectivity index (χ2n) is 6.62. The van der Waals surface area contributed by atoms with E-state index in [0.717, 1.165) is 38.9 Å². The van der Waals surface area contributed by atoms with E-state index in [1.54, 1.807) is 0 Å². The highest BCUT2D eigenvalue weighted by molar-refractivity contribution is 5.82. The predicted octanol–water partition coefficient (Wildman–Crippen LogP) is 2.92. The first-order valence-electron chi connectivity index (χ1n) is 8.42. The summed E-state index contributed by atoms with van der Waals surface area (Å²) in [6.45, 7) is 7.13. The quantitative estimate of drug-likeness (QED) is 0.930. The molecule has 3 nitrogen and oxygen atoms in total. The van der Waals surface area contributed by atoms with Gasteiger partial charge < -0.3 is 10.2 Å². The number of rotatable bonds is 3. The standard InChI is InChI=1S/C19H26N2O/c1-14-4-3-5-15(2)17(14)7-6-16-9-12-21(13-10-16)19(22)18-8-11-20-18/h3-7,16,18,20H,8-13H2,1-2H3/t18-/m0/s1. The van der Waals surface area contributed by atoms with Crippen LogP contribution in [0.1, 0.15) is 36.0 Å². The molecule has 22 heavy (non-hydrogen) atoms. The minimum atomic E-state index is 0.0988. The summed E-state index contributed by atoms with van der Waals surface area (Å²) in [5.41, 5.74) is 4.01. The van der Waals surface area contributed by atoms with E-state index < -0.39 is 0 Å². The summed E-state index contributed by atoms with van der Waals surface area (Å²) in [5.74, 6) is 0.904. The first-order valence-corrected chi connectivity index (χ1v) is 8.42. The number of nitrogens with one attached hydrogen (secondary N) is 1. The first-order chi connectivity index (χ1) is 10.6. The fraction of sp³-hybridized carbons (Fsp3) is 0.526. The summed E-state index contributed by atoms with van der Waals surface area (Å²) in [5, 5.41) is 3.21. The van der Waals surface area contributed by atoms with Crippen molar-refractivity contribution in [2.75, 3.05) is 19.6 Å². The number of amides is 1. The molecule has 0 aliphatic carbocycles. The number of piperidine rings is 1. The van der Waals surface area contributed by atoms with Crippen molar-refractivity contribution in [3.05, 3.63) is 41.0 Å². The van der Waals surface area contributed by atoms with E-state index in [-0.39, 0.29) is 6.04 Å². The van der Waals surface area contributed by atoms with Gasteiger partial charge in [-0.3, -0.25) is 4.79 Å². The van der Waals surface area contributed by atoms with E-state index >= 15 is 0 Å². The van der Waals surface area contributed by atoms with Crippen molar-refractivity contribution in [3.63, 3.8) is 0 Å². The van der Waals surface area contributed by atoms with E-state index in [4.69, 9.17) is 0 Å². The van der Waals surface area contributed by atoms with E-state index in [0.29, 0.717) is 11.8 Å². The van der Waals surface area contributed by atoms with Gasteiger partial charge in [-0.25, -0.2) is 0 Å². The average Bonchev–Trinajstić information content (AvgIpc) is 2.45. The summed E-state index contributed by atoms with van der Waals surface area (Å²) in [6, 6.07) is 6.54. The monoisotopic (exact) mass is 298 g/mol. The van der Waals surface area contributed by atoms with E-state index in [1.165, 1.54) is 16.7 Å². The van der Waals surface area contributed by atoms with Crippen molar-refractivity contribution in [1.82, 2.24) is 10.2 Å². The van der Waals surface area contributed by atoms with Gasteiger partial charge in [-0.15, -0.1) is 0 Å². The van der Waals surface area contributed by atoms with Gasteiger partial charge in [-0.2, -0.15) is 0 Å². The third-order valence-electron chi connectivity index (χ3n) is 5.05. The molecule has 2 aliphatic rings. The Labute approximate surface area is 133 Å². The van der Waals surface area contributed by atoms with Crippen LogP contribution >= 0.6 is 0 Å². The van der Waals surface area contributed by atoms with Crippen LogP contribution in [0.25, 0.3) is 6.08 Å². The number of likely N-dealkylation sites (tertiary alicyclic amines) is 1. The van der Waals surface area contributed by atoms with Crippen molar-refractivity contribution in [2.45, 2.75) is 39.2 Å². The maximum atomic E-state index is 12.2. The van der Waals surface area contributed by atoms with Crippen LogP contribution in [0.5, 0.6) is 0 Å². The number of benzene rings is 1. The van der Waals surface area contributed by atoms with Crippen LogP contribution in [0.2, 0.25) is 0 Å². The molecule has 2 fully saturated rings. The molecule has 0 unspecified atom stereocenters. The summed E-state index contributed by atoms with van der Waals surface area (Å²) in [7, 11) is 0. The van der Waals surface area contributed by atoms with Crippen molar-refractivity contribution in [2.24, 2.45) is 5.92 Å². The largest absolute Gasteiger partial charge is 0.341 e. The molecule has 0 bridgehead atoms. The lowest BCUT2D eigenvalue weighted by atomic mass is 9.93. The molecule has 0 spiro atoms. The molecule has 1 N–H and O–H groups in total. The maximum Gasteiger partial charge on any atom is 0.239 e. The average molecular weight is 298 g/mol. The molecular weight excluding hydrogens is 272 g/mol. The molecule has 0 aromatic heterocycles. The van der Waals surface area contributed by atoms with Gasteiger partial charge in [-0.1, -0.05) is 30.4 Å². The normalized spacial score (nSPS) is 22.8. The highest BCUT2D eigenvalue weighted by Crippen LogP contribution is 2.23. The third kappa shape index (κ3) is 3.25. The van der Waals surface area contributed by atoms with Gasteiger partial charge >= 0.3 is 0 Å². The maximum absolute atomic E-state index is 12.2. The molecule has 3 heteroatoms. The molecule has 2 aliphatic heterocycles. The Morgan fingerprint density at radius 2 is 1.82 bits per heavy atom. The lowest BCUT2D eigenvalue weighted by Crippen LogP contribution is -2.55. The summed E-state index contributed by atoms with van der Waals surface area (Å²) in [4.78, 5) is 14.2. The number of carbonyl (C=O) groups is 1. The lowest BCUT2D eigenvalue weighted by molar-refractivity contribution is -0.136. The zero-order chi connectivity index (χ0) is 15.5. The van der Waals surface area contributed by atoms with Gasteiger partial charge in [0.25, 0.3) is 0 Å². The first kappa shape index (κ1) is 15.3. The zero-order valence-electron chi connectivity index (χ0n) is 13.6. The van der Waals surface area contributed by atoms with Crippen molar-refractivity contribution < 1.29 is 4.79 Å². The van der Waals surface area contributed by atoms with Gasteiger partial charge in [0, 0.05) is 13.1 Å². The van der Waals surface area contributed by atoms with E-state index in [9.17, 15) is 4.79 Å². The molecule has 3 rings (SSSR count). The van der Waals surface area contributed by atoms with Gasteiger partial charge in [0.2, 0.25) is 5.91 Å². The second kappa shape index (κ2) is 6.66. The van der Waals surface area contributed by atoms with Crippen LogP contribution in [0.15, 0.2) is 24.3 Å². The highest BCUT2D eigenvalue weighted by Gasteiger charge is 2.30. The van der Waals surface area contributed by atoms with Crippen molar-refractivity contribution in [3.8, 4) is 0 Å². The van der Waals surface area contributed by atoms with E-state index in [2.05, 4.69) is 49.5 Å². The summed E-state index contributed by atoms with van der Waals surface area (Å²) >= 11 is 0. The molecule has 1 atom stereocenters. The Morgan fingerprint density at radius 1 is 1.18 bits per heavy atom. The third-order valence-corrected chi connectivity index (χ3v) is 5.05. The van der Waals surface area contributed by atoms with Gasteiger partial charge in [0.1, 0.15) is 0 Å². The Morgan fingerprint density at radius 3 is 2.36 bits per heavy atom. The molecule has 2 heterocycles. The minimum Gasteiger partial charge on any atom is -0.341 e. The van der Waals surface area contributed by atoms with Crippen LogP contribution in [-0.2, 0) is 4.79 Å². The molecule has 118 valence electrons. The topological polar surface area (TPSA) is 32.3 Å². The number of hydrogen-bond donors (Lipinski definition) is 1. The lowest BCUT2D eigenvalue weighted by Gasteiger charge is -2.36. The number of allylic oxidation sites excluding steroid dienone is 1. The fourth-order valence-corrected chi connectivity index (χ4v) is 3.35.